The molecular weight excluding hydrogens is 298 g/mol. The first kappa shape index (κ1) is 15.1. The first-order chi connectivity index (χ1) is 10.7. The van der Waals surface area contributed by atoms with Crippen molar-refractivity contribution in [3.63, 3.8) is 0 Å². The maximum absolute atomic E-state index is 12.4. The molecule has 4 nitrogen and oxygen atoms in total. The number of halogens is 1. The van der Waals surface area contributed by atoms with E-state index < -0.39 is 0 Å². The number of hydrogen-bond donors (Lipinski definition) is 1. The fraction of sp³-hybridized carbons (Fsp3) is 0.412. The highest BCUT2D eigenvalue weighted by atomic mass is 35.5. The quantitative estimate of drug-likeness (QED) is 0.935. The normalized spacial score (nSPS) is 15.7. The average Bonchev–Trinajstić information content (AvgIpc) is 2.93. The van der Waals surface area contributed by atoms with Crippen LogP contribution >= 0.6 is 11.6 Å². The molecule has 1 aliphatic rings. The number of nitrogens with zero attached hydrogens (tertiary/aromatic N) is 2. The summed E-state index contributed by atoms with van der Waals surface area (Å²) in [6, 6.07) is 8.02. The van der Waals surface area contributed by atoms with Gasteiger partial charge in [-0.3, -0.25) is 9.48 Å². The Labute approximate surface area is 135 Å². The van der Waals surface area contributed by atoms with E-state index in [1.54, 1.807) is 17.1 Å². The van der Waals surface area contributed by atoms with Gasteiger partial charge in [-0.1, -0.05) is 43.0 Å². The number of aromatic nitrogens is 2. The molecule has 0 radical (unpaired) electrons. The van der Waals surface area contributed by atoms with Crippen molar-refractivity contribution in [2.24, 2.45) is 0 Å². The first-order valence-electron chi connectivity index (χ1n) is 7.78. The molecule has 0 atom stereocenters. The summed E-state index contributed by atoms with van der Waals surface area (Å²) in [6.45, 7) is 0.608. The minimum atomic E-state index is 0.0206. The third-order valence-electron chi connectivity index (χ3n) is 4.08. The molecule has 1 heterocycles. The summed E-state index contributed by atoms with van der Waals surface area (Å²) in [6.07, 6.45) is 9.29. The van der Waals surface area contributed by atoms with Gasteiger partial charge in [0.05, 0.1) is 17.8 Å². The van der Waals surface area contributed by atoms with Crippen LogP contribution in [0.25, 0.3) is 0 Å². The number of rotatable bonds is 4. The van der Waals surface area contributed by atoms with Crippen LogP contribution in [0.2, 0.25) is 5.02 Å². The fourth-order valence-corrected chi connectivity index (χ4v) is 3.09. The molecule has 0 bridgehead atoms. The molecule has 1 amide bonds. The Morgan fingerprint density at radius 1 is 1.32 bits per heavy atom. The van der Waals surface area contributed by atoms with E-state index in [4.69, 9.17) is 11.6 Å². The molecule has 1 aromatic heterocycles. The fourth-order valence-electron chi connectivity index (χ4n) is 2.94. The van der Waals surface area contributed by atoms with Crippen molar-refractivity contribution in [1.82, 2.24) is 15.1 Å². The van der Waals surface area contributed by atoms with Crippen molar-refractivity contribution in [1.29, 1.82) is 0 Å². The van der Waals surface area contributed by atoms with Crippen LogP contribution in [0.5, 0.6) is 0 Å². The second-order valence-corrected chi connectivity index (χ2v) is 6.30. The molecule has 2 aromatic rings. The smallest absolute Gasteiger partial charge is 0.251 e. The summed E-state index contributed by atoms with van der Waals surface area (Å²) in [5.74, 6) is 0.0206. The number of hydrogen-bond acceptors (Lipinski definition) is 2. The third-order valence-corrected chi connectivity index (χ3v) is 4.27. The predicted molar refractivity (Wildman–Crippen MR) is 87.1 cm³/mol. The molecule has 22 heavy (non-hydrogen) atoms. The van der Waals surface area contributed by atoms with Crippen molar-refractivity contribution < 1.29 is 4.79 Å². The largest absolute Gasteiger partial charge is 0.349 e. The van der Waals surface area contributed by atoms with E-state index in [1.807, 2.05) is 24.3 Å². The van der Waals surface area contributed by atoms with E-state index in [0.29, 0.717) is 23.2 Å². The zero-order valence-corrected chi connectivity index (χ0v) is 13.2. The van der Waals surface area contributed by atoms with E-state index >= 15 is 0 Å². The first-order valence-corrected chi connectivity index (χ1v) is 8.16. The molecular formula is C17H20ClN3O. The van der Waals surface area contributed by atoms with Crippen LogP contribution in [0.15, 0.2) is 36.7 Å². The van der Waals surface area contributed by atoms with E-state index in [1.165, 1.54) is 19.3 Å². The van der Waals surface area contributed by atoms with Gasteiger partial charge in [0, 0.05) is 17.8 Å². The zero-order chi connectivity index (χ0) is 15.4. The van der Waals surface area contributed by atoms with Crippen LogP contribution in [0.3, 0.4) is 0 Å². The van der Waals surface area contributed by atoms with Crippen molar-refractivity contribution in [3.8, 4) is 0 Å². The molecule has 0 unspecified atom stereocenters. The second-order valence-electron chi connectivity index (χ2n) is 5.86. The van der Waals surface area contributed by atoms with Crippen LogP contribution in [-0.4, -0.2) is 21.7 Å². The molecule has 116 valence electrons. The van der Waals surface area contributed by atoms with Gasteiger partial charge in [-0.2, -0.15) is 5.10 Å². The van der Waals surface area contributed by atoms with Gasteiger partial charge in [-0.05, 0) is 30.5 Å². The number of carbonyl (C=O) groups is 1. The molecule has 1 saturated carbocycles. The van der Waals surface area contributed by atoms with Crippen LogP contribution < -0.4 is 5.32 Å². The van der Waals surface area contributed by atoms with Crippen LogP contribution in [0.4, 0.5) is 0 Å². The molecule has 1 fully saturated rings. The summed E-state index contributed by atoms with van der Waals surface area (Å²) < 4.78 is 1.76. The van der Waals surface area contributed by atoms with Crippen LogP contribution in [0.1, 0.15) is 48.0 Å². The van der Waals surface area contributed by atoms with Gasteiger partial charge in [0.25, 0.3) is 5.91 Å². The highest BCUT2D eigenvalue weighted by Gasteiger charge is 2.16. The van der Waals surface area contributed by atoms with Gasteiger partial charge in [0.15, 0.2) is 0 Å². The summed E-state index contributed by atoms with van der Waals surface area (Å²) >= 11 is 5.87. The zero-order valence-electron chi connectivity index (χ0n) is 12.5. The maximum Gasteiger partial charge on any atom is 0.251 e. The summed E-state index contributed by atoms with van der Waals surface area (Å²) in [4.78, 5) is 12.4. The Kier molecular flexibility index (Phi) is 4.78. The van der Waals surface area contributed by atoms with Crippen LogP contribution in [-0.2, 0) is 6.54 Å². The highest BCUT2D eigenvalue weighted by Crippen LogP contribution is 2.18. The Hall–Kier alpha value is -1.81. The third kappa shape index (κ3) is 3.89. The number of amides is 1. The number of benzene rings is 1. The van der Waals surface area contributed by atoms with Gasteiger partial charge in [-0.15, -0.1) is 0 Å². The summed E-state index contributed by atoms with van der Waals surface area (Å²) in [5.41, 5.74) is 1.75. The molecule has 5 heteroatoms. The lowest BCUT2D eigenvalue weighted by Crippen LogP contribution is -2.36. The molecule has 3 rings (SSSR count). The van der Waals surface area contributed by atoms with Crippen molar-refractivity contribution in [2.75, 3.05) is 0 Å². The van der Waals surface area contributed by atoms with Crippen molar-refractivity contribution in [2.45, 2.75) is 44.7 Å². The average molecular weight is 318 g/mol. The highest BCUT2D eigenvalue weighted by molar-refractivity contribution is 6.30. The lowest BCUT2D eigenvalue weighted by molar-refractivity contribution is 0.0927. The number of nitrogens with one attached hydrogen (secondary N) is 1. The molecule has 1 aromatic carbocycles. The molecule has 1 aliphatic carbocycles. The van der Waals surface area contributed by atoms with Crippen LogP contribution in [0, 0.1) is 0 Å². The summed E-state index contributed by atoms with van der Waals surface area (Å²) in [5, 5.41) is 7.93. The molecule has 0 spiro atoms. The Balaban J connectivity index is 1.66. The minimum absolute atomic E-state index is 0.0206. The topological polar surface area (TPSA) is 46.9 Å². The van der Waals surface area contributed by atoms with Crippen molar-refractivity contribution in [3.05, 3.63) is 52.8 Å². The Bertz CT molecular complexity index is 647. The van der Waals surface area contributed by atoms with Gasteiger partial charge >= 0.3 is 0 Å². The molecule has 0 saturated heterocycles. The SMILES string of the molecule is O=C(NC1CCCCC1)c1cccc(Cn2cc(Cl)cn2)c1. The summed E-state index contributed by atoms with van der Waals surface area (Å²) in [7, 11) is 0. The monoisotopic (exact) mass is 317 g/mol. The second kappa shape index (κ2) is 6.97. The van der Waals surface area contributed by atoms with Crippen molar-refractivity contribution >= 4 is 17.5 Å². The molecule has 0 aliphatic heterocycles. The van der Waals surface area contributed by atoms with E-state index in [9.17, 15) is 4.79 Å². The number of carbonyl (C=O) groups excluding carboxylic acids is 1. The predicted octanol–water partition coefficient (Wildman–Crippen LogP) is 3.65. The van der Waals surface area contributed by atoms with Gasteiger partial charge in [0.1, 0.15) is 0 Å². The minimum Gasteiger partial charge on any atom is -0.349 e. The Morgan fingerprint density at radius 2 is 2.14 bits per heavy atom. The van der Waals surface area contributed by atoms with E-state index in [-0.39, 0.29) is 5.91 Å². The lowest BCUT2D eigenvalue weighted by atomic mass is 9.95. The van der Waals surface area contributed by atoms with Gasteiger partial charge < -0.3 is 5.32 Å². The Morgan fingerprint density at radius 3 is 2.86 bits per heavy atom. The maximum atomic E-state index is 12.4. The lowest BCUT2D eigenvalue weighted by Gasteiger charge is -2.22. The van der Waals surface area contributed by atoms with Gasteiger partial charge in [0.2, 0.25) is 0 Å². The van der Waals surface area contributed by atoms with E-state index in [0.717, 1.165) is 18.4 Å². The van der Waals surface area contributed by atoms with E-state index in [2.05, 4.69) is 10.4 Å². The van der Waals surface area contributed by atoms with Gasteiger partial charge in [-0.25, -0.2) is 0 Å². The standard InChI is InChI=1S/C17H20ClN3O/c18-15-10-19-21(12-15)11-13-5-4-6-14(9-13)17(22)20-16-7-2-1-3-8-16/h4-6,9-10,12,16H,1-3,7-8,11H2,(H,20,22). The molecule has 1 N–H and O–H groups in total.